The predicted molar refractivity (Wildman–Crippen MR) is 75.9 cm³/mol. The summed E-state index contributed by atoms with van der Waals surface area (Å²) in [4.78, 5) is 11.8. The Morgan fingerprint density at radius 3 is 2.84 bits per heavy atom. The number of hydrogen-bond acceptors (Lipinski definition) is 3. The fourth-order valence-corrected chi connectivity index (χ4v) is 3.78. The molecule has 102 valence electrons. The molecule has 2 aliphatic rings. The van der Waals surface area contributed by atoms with Crippen molar-refractivity contribution in [3.63, 3.8) is 0 Å². The van der Waals surface area contributed by atoms with Crippen molar-refractivity contribution >= 4 is 27.5 Å². The summed E-state index contributed by atoms with van der Waals surface area (Å²) in [5, 5.41) is 4.25. The summed E-state index contributed by atoms with van der Waals surface area (Å²) in [6, 6.07) is 3.32. The maximum atomic E-state index is 11.8. The molecule has 1 heterocycles. The van der Waals surface area contributed by atoms with Crippen molar-refractivity contribution in [2.24, 2.45) is 22.9 Å². The maximum Gasteiger partial charge on any atom is 0.307 e. The second-order valence-corrected chi connectivity index (χ2v) is 6.36. The molecular formula is C14H17BrN2O2. The van der Waals surface area contributed by atoms with Crippen molar-refractivity contribution in [2.45, 2.75) is 32.6 Å². The van der Waals surface area contributed by atoms with E-state index in [1.54, 1.807) is 12.1 Å². The van der Waals surface area contributed by atoms with Crippen LogP contribution in [0, 0.1) is 17.8 Å². The number of amides is 1. The zero-order valence-corrected chi connectivity index (χ0v) is 12.4. The minimum atomic E-state index is -0.298. The number of hydrazone groups is 1. The standard InChI is InChI=1S/C14H17BrN2O2/c1-8(11-7-9-2-3-10(11)6-9)16-17-14(18)12-4-5-13(15)19-12/h4-5,9-11H,2-3,6-7H2,1H3,(H,17,18). The molecule has 1 aromatic heterocycles. The van der Waals surface area contributed by atoms with E-state index < -0.39 is 0 Å². The second kappa shape index (κ2) is 5.12. The lowest BCUT2D eigenvalue weighted by molar-refractivity contribution is 0.0925. The van der Waals surface area contributed by atoms with E-state index >= 15 is 0 Å². The molecule has 3 atom stereocenters. The fourth-order valence-electron chi connectivity index (χ4n) is 3.47. The Hall–Kier alpha value is -1.10. The monoisotopic (exact) mass is 324 g/mol. The number of furan rings is 1. The third-order valence-corrected chi connectivity index (χ3v) is 4.83. The van der Waals surface area contributed by atoms with Gasteiger partial charge in [-0.05, 0) is 66.1 Å². The molecule has 0 saturated heterocycles. The van der Waals surface area contributed by atoms with Crippen molar-refractivity contribution in [3.05, 3.63) is 22.6 Å². The van der Waals surface area contributed by atoms with Crippen molar-refractivity contribution in [1.29, 1.82) is 0 Å². The zero-order chi connectivity index (χ0) is 13.4. The summed E-state index contributed by atoms with van der Waals surface area (Å²) in [5.41, 5.74) is 3.63. The Labute approximate surface area is 120 Å². The number of carbonyl (C=O) groups excluding carboxylic acids is 1. The average molecular weight is 325 g/mol. The van der Waals surface area contributed by atoms with E-state index in [1.165, 1.54) is 25.7 Å². The molecule has 19 heavy (non-hydrogen) atoms. The van der Waals surface area contributed by atoms with Gasteiger partial charge >= 0.3 is 5.91 Å². The lowest BCUT2D eigenvalue weighted by Crippen LogP contribution is -2.24. The van der Waals surface area contributed by atoms with Gasteiger partial charge in [0, 0.05) is 11.6 Å². The molecule has 3 rings (SSSR count). The molecular weight excluding hydrogens is 308 g/mol. The zero-order valence-electron chi connectivity index (χ0n) is 10.9. The molecule has 2 saturated carbocycles. The highest BCUT2D eigenvalue weighted by atomic mass is 79.9. The molecule has 2 bridgehead atoms. The second-order valence-electron chi connectivity index (χ2n) is 5.58. The van der Waals surface area contributed by atoms with E-state index in [0.717, 1.165) is 17.5 Å². The average Bonchev–Trinajstić information content (AvgIpc) is 3.10. The van der Waals surface area contributed by atoms with Gasteiger partial charge in [-0.2, -0.15) is 5.10 Å². The van der Waals surface area contributed by atoms with Gasteiger partial charge in [-0.25, -0.2) is 5.43 Å². The number of fused-ring (bicyclic) bond motifs is 2. The van der Waals surface area contributed by atoms with Crippen LogP contribution < -0.4 is 5.43 Å². The largest absolute Gasteiger partial charge is 0.444 e. The van der Waals surface area contributed by atoms with Gasteiger partial charge in [0.25, 0.3) is 0 Å². The first-order valence-corrected chi connectivity index (χ1v) is 7.52. The number of halogens is 1. The Morgan fingerprint density at radius 1 is 1.42 bits per heavy atom. The van der Waals surface area contributed by atoms with E-state index in [1.807, 2.05) is 6.92 Å². The van der Waals surface area contributed by atoms with Crippen LogP contribution >= 0.6 is 15.9 Å². The van der Waals surface area contributed by atoms with E-state index in [0.29, 0.717) is 10.6 Å². The summed E-state index contributed by atoms with van der Waals surface area (Å²) >= 11 is 3.17. The van der Waals surface area contributed by atoms with Gasteiger partial charge in [0.1, 0.15) is 0 Å². The van der Waals surface area contributed by atoms with E-state index in [2.05, 4.69) is 26.5 Å². The van der Waals surface area contributed by atoms with Crippen LogP contribution in [0.3, 0.4) is 0 Å². The van der Waals surface area contributed by atoms with E-state index in [-0.39, 0.29) is 11.7 Å². The summed E-state index contributed by atoms with van der Waals surface area (Å²) < 4.78 is 5.74. The summed E-state index contributed by atoms with van der Waals surface area (Å²) in [7, 11) is 0. The van der Waals surface area contributed by atoms with Crippen LogP contribution in [-0.2, 0) is 0 Å². The van der Waals surface area contributed by atoms with Crippen molar-refractivity contribution < 1.29 is 9.21 Å². The van der Waals surface area contributed by atoms with Crippen LogP contribution in [0.2, 0.25) is 0 Å². The Morgan fingerprint density at radius 2 is 2.26 bits per heavy atom. The lowest BCUT2D eigenvalue weighted by atomic mass is 9.86. The number of nitrogens with zero attached hydrogens (tertiary/aromatic N) is 1. The molecule has 4 nitrogen and oxygen atoms in total. The number of rotatable bonds is 3. The normalized spacial score (nSPS) is 29.8. The van der Waals surface area contributed by atoms with Gasteiger partial charge in [0.15, 0.2) is 10.4 Å². The molecule has 0 aliphatic heterocycles. The third kappa shape index (κ3) is 2.61. The van der Waals surface area contributed by atoms with Crippen LogP contribution in [-0.4, -0.2) is 11.6 Å². The van der Waals surface area contributed by atoms with E-state index in [4.69, 9.17) is 4.42 Å². The maximum absolute atomic E-state index is 11.8. The molecule has 2 aliphatic carbocycles. The molecule has 0 aromatic carbocycles. The molecule has 3 unspecified atom stereocenters. The molecule has 2 fully saturated rings. The molecule has 1 N–H and O–H groups in total. The van der Waals surface area contributed by atoms with Gasteiger partial charge in [-0.15, -0.1) is 0 Å². The number of hydrogen-bond donors (Lipinski definition) is 1. The van der Waals surface area contributed by atoms with Gasteiger partial charge in [-0.1, -0.05) is 6.42 Å². The van der Waals surface area contributed by atoms with Crippen LogP contribution in [0.15, 0.2) is 26.3 Å². The van der Waals surface area contributed by atoms with Crippen molar-refractivity contribution in [2.75, 3.05) is 0 Å². The molecule has 0 spiro atoms. The predicted octanol–water partition coefficient (Wildman–Crippen LogP) is 3.58. The van der Waals surface area contributed by atoms with Crippen molar-refractivity contribution in [3.8, 4) is 0 Å². The Kier molecular flexibility index (Phi) is 3.48. The van der Waals surface area contributed by atoms with Crippen LogP contribution in [0.5, 0.6) is 0 Å². The fraction of sp³-hybridized carbons (Fsp3) is 0.571. The summed E-state index contributed by atoms with van der Waals surface area (Å²) in [5.74, 6) is 2.20. The topological polar surface area (TPSA) is 54.6 Å². The highest BCUT2D eigenvalue weighted by Crippen LogP contribution is 2.48. The quantitative estimate of drug-likeness (QED) is 0.682. The van der Waals surface area contributed by atoms with Crippen LogP contribution in [0.4, 0.5) is 0 Å². The highest BCUT2D eigenvalue weighted by molar-refractivity contribution is 9.10. The number of nitrogens with one attached hydrogen (secondary N) is 1. The summed E-state index contributed by atoms with van der Waals surface area (Å²) in [6.07, 6.45) is 5.28. The Bertz CT molecular complexity index is 523. The first-order chi connectivity index (χ1) is 9.13. The van der Waals surface area contributed by atoms with Gasteiger partial charge < -0.3 is 4.42 Å². The molecule has 0 radical (unpaired) electrons. The minimum Gasteiger partial charge on any atom is -0.444 e. The van der Waals surface area contributed by atoms with Gasteiger partial charge in [0.05, 0.1) is 0 Å². The van der Waals surface area contributed by atoms with Crippen molar-refractivity contribution in [1.82, 2.24) is 5.43 Å². The highest BCUT2D eigenvalue weighted by Gasteiger charge is 2.40. The van der Waals surface area contributed by atoms with Crippen LogP contribution in [0.25, 0.3) is 0 Å². The van der Waals surface area contributed by atoms with E-state index in [9.17, 15) is 4.79 Å². The third-order valence-electron chi connectivity index (χ3n) is 4.41. The first kappa shape index (κ1) is 12.9. The molecule has 1 aromatic rings. The summed E-state index contributed by atoms with van der Waals surface area (Å²) in [6.45, 7) is 2.02. The van der Waals surface area contributed by atoms with Gasteiger partial charge in [0.2, 0.25) is 0 Å². The van der Waals surface area contributed by atoms with Crippen LogP contribution in [0.1, 0.15) is 43.2 Å². The smallest absolute Gasteiger partial charge is 0.307 e. The number of carbonyl (C=O) groups is 1. The minimum absolute atomic E-state index is 0.274. The SMILES string of the molecule is CC(=NNC(=O)c1ccc(Br)o1)C1CC2CCC1C2. The first-order valence-electron chi connectivity index (χ1n) is 6.73. The van der Waals surface area contributed by atoms with Gasteiger partial charge in [-0.3, -0.25) is 4.79 Å². The molecule has 5 heteroatoms. The Balaban J connectivity index is 1.61. The molecule has 1 amide bonds. The lowest BCUT2D eigenvalue weighted by Gasteiger charge is -2.21.